The van der Waals surface area contributed by atoms with E-state index in [0.717, 1.165) is 12.5 Å². The smallest absolute Gasteiger partial charge is 0.224 e. The summed E-state index contributed by atoms with van der Waals surface area (Å²) in [6, 6.07) is 0.513. The molecule has 0 aromatic heterocycles. The molecule has 0 saturated heterocycles. The molecule has 0 unspecified atom stereocenters. The van der Waals surface area contributed by atoms with Gasteiger partial charge in [-0.1, -0.05) is 12.8 Å². The minimum Gasteiger partial charge on any atom is -0.369 e. The Morgan fingerprint density at radius 3 is 2.50 bits per heavy atom. The average Bonchev–Trinajstić information content (AvgIpc) is 2.79. The third-order valence-electron chi connectivity index (χ3n) is 3.34. The van der Waals surface area contributed by atoms with Crippen LogP contribution in [0, 0.1) is 5.41 Å². The summed E-state index contributed by atoms with van der Waals surface area (Å²) in [5.41, 5.74) is 4.75. The molecule has 0 aromatic carbocycles. The van der Waals surface area contributed by atoms with E-state index in [4.69, 9.17) is 5.73 Å². The molecule has 1 saturated carbocycles. The number of carbonyl (C=O) groups excluding carboxylic acids is 1. The minimum absolute atomic E-state index is 0.317. The second kappa shape index (κ2) is 6.61. The van der Waals surface area contributed by atoms with Gasteiger partial charge in [0, 0.05) is 12.6 Å². The van der Waals surface area contributed by atoms with E-state index in [1.54, 1.807) is 0 Å². The number of hydrogen-bond donors (Lipinski definition) is 3. The molecule has 4 N–H and O–H groups in total. The number of amides is 1. The molecule has 0 heterocycles. The van der Waals surface area contributed by atoms with Crippen LogP contribution in [0.3, 0.4) is 0 Å². The fourth-order valence-corrected chi connectivity index (χ4v) is 1.94. The summed E-state index contributed by atoms with van der Waals surface area (Å²) in [7, 11) is 0. The van der Waals surface area contributed by atoms with E-state index in [9.17, 15) is 4.79 Å². The standard InChI is InChI=1S/C13H26N4O/c1-4-15-12(17-10-7-5-6-8-10)16-9-13(2,3)11(14)18/h10H,4-9H2,1-3H3,(H2,14,18)(H2,15,16,17). The van der Waals surface area contributed by atoms with Gasteiger partial charge in [-0.3, -0.25) is 9.79 Å². The van der Waals surface area contributed by atoms with Crippen molar-refractivity contribution in [3.8, 4) is 0 Å². The molecule has 0 bridgehead atoms. The molecular formula is C13H26N4O. The number of guanidine groups is 1. The first-order valence-electron chi connectivity index (χ1n) is 6.80. The summed E-state index contributed by atoms with van der Waals surface area (Å²) in [6.07, 6.45) is 4.96. The van der Waals surface area contributed by atoms with Crippen molar-refractivity contribution in [3.05, 3.63) is 0 Å². The number of aliphatic imine (C=N–C) groups is 1. The highest BCUT2D eigenvalue weighted by molar-refractivity contribution is 5.82. The lowest BCUT2D eigenvalue weighted by atomic mass is 9.93. The van der Waals surface area contributed by atoms with Crippen molar-refractivity contribution in [2.24, 2.45) is 16.1 Å². The summed E-state index contributed by atoms with van der Waals surface area (Å²) in [5.74, 6) is 0.474. The Kier molecular flexibility index (Phi) is 5.44. The van der Waals surface area contributed by atoms with Crippen molar-refractivity contribution in [2.45, 2.75) is 52.5 Å². The normalized spacial score (nSPS) is 17.8. The van der Waals surface area contributed by atoms with Crippen molar-refractivity contribution in [2.75, 3.05) is 13.1 Å². The summed E-state index contributed by atoms with van der Waals surface area (Å²) in [4.78, 5) is 15.7. The molecule has 0 radical (unpaired) electrons. The van der Waals surface area contributed by atoms with Crippen LogP contribution in [-0.4, -0.2) is 31.0 Å². The first-order chi connectivity index (χ1) is 8.45. The largest absolute Gasteiger partial charge is 0.369 e. The summed E-state index contributed by atoms with van der Waals surface area (Å²) in [6.45, 7) is 6.89. The van der Waals surface area contributed by atoms with E-state index in [1.807, 2.05) is 20.8 Å². The highest BCUT2D eigenvalue weighted by Gasteiger charge is 2.25. The Hall–Kier alpha value is -1.26. The zero-order valence-corrected chi connectivity index (χ0v) is 11.8. The highest BCUT2D eigenvalue weighted by Crippen LogP contribution is 2.18. The SMILES string of the molecule is CCNC(=NCC(C)(C)C(N)=O)NC1CCCC1. The van der Waals surface area contributed by atoms with Crippen LogP contribution < -0.4 is 16.4 Å². The number of carbonyl (C=O) groups is 1. The van der Waals surface area contributed by atoms with Crippen molar-refractivity contribution in [1.82, 2.24) is 10.6 Å². The summed E-state index contributed by atoms with van der Waals surface area (Å²) in [5, 5.41) is 6.62. The molecule has 5 heteroatoms. The zero-order valence-electron chi connectivity index (χ0n) is 11.8. The predicted octanol–water partition coefficient (Wildman–Crippen LogP) is 0.996. The second-order valence-corrected chi connectivity index (χ2v) is 5.57. The van der Waals surface area contributed by atoms with Crippen molar-refractivity contribution < 1.29 is 4.79 Å². The molecule has 1 fully saturated rings. The Bertz CT molecular complexity index is 306. The van der Waals surface area contributed by atoms with Crippen LogP contribution in [0.15, 0.2) is 4.99 Å². The van der Waals surface area contributed by atoms with E-state index < -0.39 is 5.41 Å². The van der Waals surface area contributed by atoms with E-state index in [0.29, 0.717) is 12.6 Å². The minimum atomic E-state index is -0.599. The molecule has 0 atom stereocenters. The lowest BCUT2D eigenvalue weighted by Gasteiger charge is -2.20. The molecule has 1 rings (SSSR count). The molecule has 0 spiro atoms. The van der Waals surface area contributed by atoms with Gasteiger partial charge in [-0.25, -0.2) is 0 Å². The number of rotatable bonds is 5. The summed E-state index contributed by atoms with van der Waals surface area (Å²) >= 11 is 0. The van der Waals surface area contributed by atoms with Crippen LogP contribution >= 0.6 is 0 Å². The maximum Gasteiger partial charge on any atom is 0.224 e. The van der Waals surface area contributed by atoms with Gasteiger partial charge in [0.15, 0.2) is 5.96 Å². The van der Waals surface area contributed by atoms with Gasteiger partial charge in [-0.05, 0) is 33.6 Å². The van der Waals surface area contributed by atoms with Gasteiger partial charge >= 0.3 is 0 Å². The van der Waals surface area contributed by atoms with E-state index >= 15 is 0 Å². The Morgan fingerprint density at radius 2 is 2.00 bits per heavy atom. The average molecular weight is 254 g/mol. The Balaban J connectivity index is 2.56. The summed E-state index contributed by atoms with van der Waals surface area (Å²) < 4.78 is 0. The van der Waals surface area contributed by atoms with Gasteiger partial charge in [0.05, 0.1) is 12.0 Å². The molecule has 1 aliphatic carbocycles. The second-order valence-electron chi connectivity index (χ2n) is 5.57. The molecule has 1 amide bonds. The number of nitrogens with two attached hydrogens (primary N) is 1. The van der Waals surface area contributed by atoms with Crippen LogP contribution in [0.25, 0.3) is 0 Å². The monoisotopic (exact) mass is 254 g/mol. The fraction of sp³-hybridized carbons (Fsp3) is 0.846. The Morgan fingerprint density at radius 1 is 1.39 bits per heavy atom. The van der Waals surface area contributed by atoms with E-state index in [1.165, 1.54) is 25.7 Å². The number of nitrogens with one attached hydrogen (secondary N) is 2. The lowest BCUT2D eigenvalue weighted by molar-refractivity contribution is -0.125. The molecule has 18 heavy (non-hydrogen) atoms. The third kappa shape index (κ3) is 4.55. The third-order valence-corrected chi connectivity index (χ3v) is 3.34. The molecule has 1 aliphatic rings. The van der Waals surface area contributed by atoms with Crippen molar-refractivity contribution >= 4 is 11.9 Å². The number of nitrogens with zero attached hydrogens (tertiary/aromatic N) is 1. The van der Waals surface area contributed by atoms with Gasteiger partial charge in [0.2, 0.25) is 5.91 Å². The molecule has 0 aliphatic heterocycles. The van der Waals surface area contributed by atoms with Crippen LogP contribution in [0.4, 0.5) is 0 Å². The molecule has 5 nitrogen and oxygen atoms in total. The van der Waals surface area contributed by atoms with Gasteiger partial charge in [0.25, 0.3) is 0 Å². The topological polar surface area (TPSA) is 79.5 Å². The molecule has 104 valence electrons. The van der Waals surface area contributed by atoms with Gasteiger partial charge in [0.1, 0.15) is 0 Å². The zero-order chi connectivity index (χ0) is 13.6. The Labute approximate surface area is 110 Å². The van der Waals surface area contributed by atoms with Crippen LogP contribution in [0.2, 0.25) is 0 Å². The number of hydrogen-bond acceptors (Lipinski definition) is 2. The maximum atomic E-state index is 11.2. The lowest BCUT2D eigenvalue weighted by Crippen LogP contribution is -2.43. The van der Waals surface area contributed by atoms with Crippen LogP contribution in [-0.2, 0) is 4.79 Å². The van der Waals surface area contributed by atoms with E-state index in [2.05, 4.69) is 15.6 Å². The molecule has 0 aromatic rings. The first kappa shape index (κ1) is 14.8. The van der Waals surface area contributed by atoms with Crippen LogP contribution in [0.1, 0.15) is 46.5 Å². The predicted molar refractivity (Wildman–Crippen MR) is 74.3 cm³/mol. The van der Waals surface area contributed by atoms with Gasteiger partial charge in [-0.2, -0.15) is 0 Å². The quantitative estimate of drug-likeness (QED) is 0.506. The molecular weight excluding hydrogens is 228 g/mol. The van der Waals surface area contributed by atoms with E-state index in [-0.39, 0.29) is 5.91 Å². The van der Waals surface area contributed by atoms with Crippen molar-refractivity contribution in [1.29, 1.82) is 0 Å². The number of primary amides is 1. The van der Waals surface area contributed by atoms with Gasteiger partial charge in [-0.15, -0.1) is 0 Å². The highest BCUT2D eigenvalue weighted by atomic mass is 16.1. The van der Waals surface area contributed by atoms with Gasteiger partial charge < -0.3 is 16.4 Å². The first-order valence-corrected chi connectivity index (χ1v) is 6.80. The maximum absolute atomic E-state index is 11.2. The van der Waals surface area contributed by atoms with Crippen LogP contribution in [0.5, 0.6) is 0 Å². The fourth-order valence-electron chi connectivity index (χ4n) is 1.94. The van der Waals surface area contributed by atoms with Crippen molar-refractivity contribution in [3.63, 3.8) is 0 Å².